The van der Waals surface area contributed by atoms with Gasteiger partial charge in [-0.2, -0.15) is 0 Å². The zero-order chi connectivity index (χ0) is 43.0. The lowest BCUT2D eigenvalue weighted by molar-refractivity contribution is -0.142. The first-order valence-corrected chi connectivity index (χ1v) is 22.4. The molecule has 3 unspecified atom stereocenters. The highest BCUT2D eigenvalue weighted by Crippen LogP contribution is 2.30. The molecule has 2 fully saturated rings. The largest absolute Gasteiger partial charge is 0.390 e. The van der Waals surface area contributed by atoms with Gasteiger partial charge in [0.15, 0.2) is 5.11 Å². The molecular weight excluding hydrogens is 785 g/mol. The Kier molecular flexibility index (Phi) is 17.3. The summed E-state index contributed by atoms with van der Waals surface area (Å²) in [7, 11) is 1.72. The Morgan fingerprint density at radius 1 is 0.869 bits per heavy atom. The van der Waals surface area contributed by atoms with Gasteiger partial charge in [0.2, 0.25) is 17.7 Å². The summed E-state index contributed by atoms with van der Waals surface area (Å²) in [5.41, 5.74) is 7.86. The van der Waals surface area contributed by atoms with Crippen LogP contribution in [-0.2, 0) is 32.0 Å². The fourth-order valence-corrected chi connectivity index (χ4v) is 8.88. The van der Waals surface area contributed by atoms with E-state index < -0.39 is 30.0 Å². The van der Waals surface area contributed by atoms with Crippen LogP contribution < -0.4 is 27.0 Å². The molecule has 3 amide bonds. The van der Waals surface area contributed by atoms with Gasteiger partial charge in [0, 0.05) is 32.5 Å². The molecule has 11 nitrogen and oxygen atoms in total. The van der Waals surface area contributed by atoms with E-state index in [0.29, 0.717) is 63.0 Å². The number of amides is 3. The second kappa shape index (κ2) is 23.2. The molecule has 324 valence electrons. The Balaban J connectivity index is 1.26. The molecule has 0 radical (unpaired) electrons. The maximum atomic E-state index is 14.8. The predicted octanol–water partition coefficient (Wildman–Crippen LogP) is 5.15. The topological polar surface area (TPSA) is 158 Å². The minimum atomic E-state index is -1.13. The van der Waals surface area contributed by atoms with E-state index in [4.69, 9.17) is 22.7 Å². The fourth-order valence-electron chi connectivity index (χ4n) is 8.81. The number of hydrogen-bond donors (Lipinski definition) is 6. The molecule has 1 aliphatic carbocycles. The monoisotopic (exact) mass is 846 g/mol. The Labute approximate surface area is 365 Å². The van der Waals surface area contributed by atoms with Crippen LogP contribution in [0.3, 0.4) is 0 Å². The number of aliphatic hydroxyl groups is 1. The van der Waals surface area contributed by atoms with Crippen LogP contribution in [0.2, 0.25) is 0 Å². The minimum Gasteiger partial charge on any atom is -0.390 e. The maximum Gasteiger partial charge on any atom is 0.243 e. The molecule has 1 saturated heterocycles. The van der Waals surface area contributed by atoms with Gasteiger partial charge in [-0.05, 0) is 83.0 Å². The second-order valence-corrected chi connectivity index (χ2v) is 16.9. The Morgan fingerprint density at radius 2 is 1.51 bits per heavy atom. The van der Waals surface area contributed by atoms with Crippen molar-refractivity contribution in [2.24, 2.45) is 17.6 Å². The van der Waals surface area contributed by atoms with Crippen molar-refractivity contribution >= 4 is 56.6 Å². The van der Waals surface area contributed by atoms with E-state index in [-0.39, 0.29) is 37.3 Å². The number of hydrogen-bond acceptors (Lipinski definition) is 7. The van der Waals surface area contributed by atoms with Crippen molar-refractivity contribution in [1.29, 1.82) is 0 Å². The van der Waals surface area contributed by atoms with Gasteiger partial charge in [0.05, 0.1) is 37.8 Å². The SMILES string of the molecule is CNC(=S)NCC#CCC(NC(=O)C(Cc1cccc2ccccc12)Cc1cccc2ccccc12)C(=O)NC(CC1CCCCC1)[C@@H](O)CC(=O)N1CCOC(CCN)C1. The summed E-state index contributed by atoms with van der Waals surface area (Å²) < 4.78 is 5.80. The van der Waals surface area contributed by atoms with Gasteiger partial charge in [-0.1, -0.05) is 129 Å². The van der Waals surface area contributed by atoms with Crippen molar-refractivity contribution in [3.63, 3.8) is 0 Å². The number of benzene rings is 4. The van der Waals surface area contributed by atoms with Crippen LogP contribution in [0.25, 0.3) is 21.5 Å². The molecule has 0 aromatic heterocycles. The molecular formula is C49H62N6O5S. The van der Waals surface area contributed by atoms with Gasteiger partial charge in [-0.3, -0.25) is 14.4 Å². The first kappa shape index (κ1) is 45.5. The van der Waals surface area contributed by atoms with Crippen molar-refractivity contribution in [2.75, 3.05) is 39.8 Å². The van der Waals surface area contributed by atoms with Crippen LogP contribution in [0.1, 0.15) is 68.9 Å². The molecule has 4 aromatic rings. The van der Waals surface area contributed by atoms with Crippen LogP contribution in [0.15, 0.2) is 84.9 Å². The number of nitrogens with two attached hydrogens (primary N) is 1. The van der Waals surface area contributed by atoms with Crippen molar-refractivity contribution < 1.29 is 24.2 Å². The highest BCUT2D eigenvalue weighted by Gasteiger charge is 2.34. The van der Waals surface area contributed by atoms with Crippen molar-refractivity contribution in [3.05, 3.63) is 96.1 Å². The van der Waals surface area contributed by atoms with E-state index in [2.05, 4.69) is 81.6 Å². The number of morpholine rings is 1. The summed E-state index contributed by atoms with van der Waals surface area (Å²) in [5.74, 6) is 4.99. The number of nitrogens with one attached hydrogen (secondary N) is 4. The molecule has 1 heterocycles. The third kappa shape index (κ3) is 13.2. The number of carbonyl (C=O) groups excluding carboxylic acids is 3. The summed E-state index contributed by atoms with van der Waals surface area (Å²) >= 11 is 5.20. The molecule has 4 aromatic carbocycles. The molecule has 1 aliphatic heterocycles. The van der Waals surface area contributed by atoms with E-state index in [1.807, 2.05) is 36.4 Å². The van der Waals surface area contributed by atoms with E-state index >= 15 is 0 Å². The molecule has 0 spiro atoms. The number of carbonyl (C=O) groups is 3. The normalized spacial score (nSPS) is 17.2. The summed E-state index contributed by atoms with van der Waals surface area (Å²) in [6.07, 6.45) is 6.01. The maximum absolute atomic E-state index is 14.8. The highest BCUT2D eigenvalue weighted by molar-refractivity contribution is 7.80. The standard InChI is InChI=1S/C49H62N6O5S/c1-51-49(61)52-26-10-9-23-43(48(59)54-44(29-34-13-3-2-4-14-34)45(56)32-46(57)55-27-28-60-40(33-55)24-25-50)53-47(58)39(30-37-19-11-17-35-15-5-7-21-41(35)37)31-38-20-12-18-36-16-6-8-22-42(36)38/h5-8,11-12,15-22,34,39-40,43-45,56H,2-4,13-14,23-33,50H2,1H3,(H,53,58)(H,54,59)(H2,51,52,61)/t40?,43?,44?,45-/m0/s1. The first-order valence-electron chi connectivity index (χ1n) is 21.9. The number of rotatable bonds is 17. The highest BCUT2D eigenvalue weighted by atomic mass is 32.1. The van der Waals surface area contributed by atoms with E-state index in [1.54, 1.807) is 11.9 Å². The third-order valence-corrected chi connectivity index (χ3v) is 12.5. The quantitative estimate of drug-likeness (QED) is 0.0625. The van der Waals surface area contributed by atoms with E-state index in [0.717, 1.165) is 64.8 Å². The fraction of sp³-hybridized carbons (Fsp3) is 0.469. The lowest BCUT2D eigenvalue weighted by Gasteiger charge is -2.35. The zero-order valence-corrected chi connectivity index (χ0v) is 36.2. The third-order valence-electron chi connectivity index (χ3n) is 12.2. The van der Waals surface area contributed by atoms with Crippen LogP contribution in [-0.4, -0.2) is 97.0 Å². The molecule has 6 rings (SSSR count). The number of ether oxygens (including phenoxy) is 1. The summed E-state index contributed by atoms with van der Waals surface area (Å²) in [6, 6.07) is 26.9. The molecule has 1 saturated carbocycles. The van der Waals surface area contributed by atoms with Crippen molar-refractivity contribution in [3.8, 4) is 11.8 Å². The summed E-state index contributed by atoms with van der Waals surface area (Å²) in [4.78, 5) is 44.7. The first-order chi connectivity index (χ1) is 29.7. The zero-order valence-electron chi connectivity index (χ0n) is 35.4. The molecule has 2 aliphatic rings. The van der Waals surface area contributed by atoms with Crippen LogP contribution in [0.4, 0.5) is 0 Å². The van der Waals surface area contributed by atoms with Crippen LogP contribution in [0, 0.1) is 23.7 Å². The smallest absolute Gasteiger partial charge is 0.243 e. The number of nitrogens with zero attached hydrogens (tertiary/aromatic N) is 1. The number of thiocarbonyl (C=S) groups is 1. The van der Waals surface area contributed by atoms with E-state index in [9.17, 15) is 19.5 Å². The van der Waals surface area contributed by atoms with Gasteiger partial charge in [0.1, 0.15) is 6.04 Å². The van der Waals surface area contributed by atoms with Crippen LogP contribution in [0.5, 0.6) is 0 Å². The Morgan fingerprint density at radius 3 is 2.15 bits per heavy atom. The Bertz CT molecular complexity index is 2070. The molecule has 0 bridgehead atoms. The number of aliphatic hydroxyl groups excluding tert-OH is 1. The molecule has 4 atom stereocenters. The lowest BCUT2D eigenvalue weighted by Crippen LogP contribution is -2.55. The van der Waals surface area contributed by atoms with Crippen molar-refractivity contribution in [1.82, 2.24) is 26.2 Å². The molecule has 61 heavy (non-hydrogen) atoms. The van der Waals surface area contributed by atoms with Crippen LogP contribution >= 0.6 is 12.2 Å². The van der Waals surface area contributed by atoms with E-state index in [1.165, 1.54) is 0 Å². The molecule has 12 heteroatoms. The second-order valence-electron chi connectivity index (χ2n) is 16.5. The van der Waals surface area contributed by atoms with Crippen molar-refractivity contribution in [2.45, 2.75) is 94.9 Å². The predicted molar refractivity (Wildman–Crippen MR) is 247 cm³/mol. The number of fused-ring (bicyclic) bond motifs is 2. The Hall–Kier alpha value is -5.06. The van der Waals surface area contributed by atoms with Gasteiger partial charge < -0.3 is 41.7 Å². The van der Waals surface area contributed by atoms with Gasteiger partial charge in [-0.15, -0.1) is 0 Å². The minimum absolute atomic E-state index is 0.0301. The average Bonchev–Trinajstić information content (AvgIpc) is 3.28. The summed E-state index contributed by atoms with van der Waals surface area (Å²) in [5, 5.41) is 28.7. The molecule has 7 N–H and O–H groups in total. The van der Waals surface area contributed by atoms with Gasteiger partial charge in [-0.25, -0.2) is 0 Å². The average molecular weight is 847 g/mol. The summed E-state index contributed by atoms with van der Waals surface area (Å²) in [6.45, 7) is 1.98. The van der Waals surface area contributed by atoms with Gasteiger partial charge in [0.25, 0.3) is 0 Å². The van der Waals surface area contributed by atoms with Gasteiger partial charge >= 0.3 is 0 Å². The lowest BCUT2D eigenvalue weighted by atomic mass is 9.83.